The number of thiophene rings is 1. The van der Waals surface area contributed by atoms with Gasteiger partial charge in [0, 0.05) is 6.54 Å². The molecule has 1 heterocycles. The molecular formula is C13H20N2O3S. The summed E-state index contributed by atoms with van der Waals surface area (Å²) in [7, 11) is 0. The number of carbonyl (C=O) groups excluding carboxylic acids is 2. The van der Waals surface area contributed by atoms with Crippen molar-refractivity contribution in [1.82, 2.24) is 5.32 Å². The highest BCUT2D eigenvalue weighted by Crippen LogP contribution is 2.28. The van der Waals surface area contributed by atoms with E-state index >= 15 is 0 Å². The summed E-state index contributed by atoms with van der Waals surface area (Å²) in [4.78, 5) is 23.5. The van der Waals surface area contributed by atoms with E-state index in [1.165, 1.54) is 11.3 Å². The van der Waals surface area contributed by atoms with E-state index in [4.69, 9.17) is 4.74 Å². The van der Waals surface area contributed by atoms with Crippen molar-refractivity contribution < 1.29 is 14.3 Å². The summed E-state index contributed by atoms with van der Waals surface area (Å²) in [6.07, 6.45) is 0. The number of rotatable bonds is 5. The molecule has 2 amide bonds. The van der Waals surface area contributed by atoms with E-state index in [1.54, 1.807) is 6.92 Å². The first-order valence-electron chi connectivity index (χ1n) is 6.25. The van der Waals surface area contributed by atoms with Gasteiger partial charge in [-0.05, 0) is 30.7 Å². The minimum absolute atomic E-state index is 0.305. The van der Waals surface area contributed by atoms with Gasteiger partial charge in [-0.25, -0.2) is 9.59 Å². The molecule has 1 rings (SSSR count). The zero-order chi connectivity index (χ0) is 14.4. The van der Waals surface area contributed by atoms with E-state index in [0.717, 1.165) is 5.56 Å². The number of urea groups is 1. The Morgan fingerprint density at radius 2 is 2.11 bits per heavy atom. The number of anilines is 1. The van der Waals surface area contributed by atoms with Crippen LogP contribution < -0.4 is 10.6 Å². The van der Waals surface area contributed by atoms with E-state index in [2.05, 4.69) is 10.6 Å². The van der Waals surface area contributed by atoms with Crippen molar-refractivity contribution in [1.29, 1.82) is 0 Å². The Kier molecular flexibility index (Phi) is 5.82. The maximum Gasteiger partial charge on any atom is 0.341 e. The number of carbonyl (C=O) groups is 2. The Bertz CT molecular complexity index is 455. The van der Waals surface area contributed by atoms with Crippen LogP contribution in [0.5, 0.6) is 0 Å². The Morgan fingerprint density at radius 1 is 1.42 bits per heavy atom. The van der Waals surface area contributed by atoms with Gasteiger partial charge in [0.15, 0.2) is 0 Å². The molecule has 1 aromatic heterocycles. The van der Waals surface area contributed by atoms with Gasteiger partial charge in [0.05, 0.1) is 12.2 Å². The third kappa shape index (κ3) is 4.55. The van der Waals surface area contributed by atoms with Gasteiger partial charge in [-0.2, -0.15) is 0 Å². The highest BCUT2D eigenvalue weighted by molar-refractivity contribution is 7.15. The number of hydrogen-bond donors (Lipinski definition) is 2. The first-order valence-corrected chi connectivity index (χ1v) is 7.13. The molecule has 2 N–H and O–H groups in total. The highest BCUT2D eigenvalue weighted by atomic mass is 32.1. The lowest BCUT2D eigenvalue weighted by Crippen LogP contribution is -2.31. The van der Waals surface area contributed by atoms with Gasteiger partial charge >= 0.3 is 12.0 Å². The standard InChI is InChI=1S/C13H20N2O3S/c1-5-18-12(16)10-9(4)7-19-11(10)15-13(17)14-6-8(2)3/h7-8H,5-6H2,1-4H3,(H2,14,15,17). The second-order valence-corrected chi connectivity index (χ2v) is 5.45. The fraction of sp³-hybridized carbons (Fsp3) is 0.538. The molecule has 0 saturated heterocycles. The van der Waals surface area contributed by atoms with Crippen molar-refractivity contribution in [2.45, 2.75) is 27.7 Å². The topological polar surface area (TPSA) is 67.4 Å². The quantitative estimate of drug-likeness (QED) is 0.817. The molecule has 0 aromatic carbocycles. The Labute approximate surface area is 117 Å². The molecule has 0 radical (unpaired) electrons. The van der Waals surface area contributed by atoms with Crippen LogP contribution in [0.2, 0.25) is 0 Å². The van der Waals surface area contributed by atoms with Gasteiger partial charge in [0.1, 0.15) is 5.00 Å². The van der Waals surface area contributed by atoms with E-state index in [-0.39, 0.29) is 6.03 Å². The van der Waals surface area contributed by atoms with Crippen molar-refractivity contribution in [2.75, 3.05) is 18.5 Å². The molecule has 0 atom stereocenters. The van der Waals surface area contributed by atoms with E-state index < -0.39 is 5.97 Å². The molecule has 0 spiro atoms. The highest BCUT2D eigenvalue weighted by Gasteiger charge is 2.19. The molecule has 6 heteroatoms. The first kappa shape index (κ1) is 15.5. The molecule has 0 aliphatic rings. The fourth-order valence-corrected chi connectivity index (χ4v) is 2.36. The molecule has 106 valence electrons. The van der Waals surface area contributed by atoms with Crippen molar-refractivity contribution in [3.05, 3.63) is 16.5 Å². The van der Waals surface area contributed by atoms with Gasteiger partial charge in [-0.3, -0.25) is 5.32 Å². The summed E-state index contributed by atoms with van der Waals surface area (Å²) >= 11 is 1.32. The van der Waals surface area contributed by atoms with Gasteiger partial charge in [0.25, 0.3) is 0 Å². The summed E-state index contributed by atoms with van der Waals surface area (Å²) < 4.78 is 4.98. The molecule has 19 heavy (non-hydrogen) atoms. The lowest BCUT2D eigenvalue weighted by atomic mass is 10.2. The van der Waals surface area contributed by atoms with Crippen LogP contribution in [-0.4, -0.2) is 25.2 Å². The summed E-state index contributed by atoms with van der Waals surface area (Å²) in [5, 5.41) is 7.79. The van der Waals surface area contributed by atoms with Crippen LogP contribution in [0.3, 0.4) is 0 Å². The van der Waals surface area contributed by atoms with Crippen molar-refractivity contribution in [3.8, 4) is 0 Å². The molecule has 0 saturated carbocycles. The van der Waals surface area contributed by atoms with Crippen molar-refractivity contribution in [3.63, 3.8) is 0 Å². The molecule has 5 nitrogen and oxygen atoms in total. The van der Waals surface area contributed by atoms with Crippen LogP contribution in [0.25, 0.3) is 0 Å². The number of ether oxygens (including phenoxy) is 1. The van der Waals surface area contributed by atoms with Gasteiger partial charge in [-0.1, -0.05) is 13.8 Å². The minimum Gasteiger partial charge on any atom is -0.462 e. The third-order valence-electron chi connectivity index (χ3n) is 2.35. The van der Waals surface area contributed by atoms with Crippen LogP contribution >= 0.6 is 11.3 Å². The lowest BCUT2D eigenvalue weighted by molar-refractivity contribution is 0.0527. The molecule has 1 aromatic rings. The summed E-state index contributed by atoms with van der Waals surface area (Å²) in [5.41, 5.74) is 1.24. The van der Waals surface area contributed by atoms with Crippen LogP contribution in [0.15, 0.2) is 5.38 Å². The predicted octanol–water partition coefficient (Wildman–Crippen LogP) is 3.01. The summed E-state index contributed by atoms with van der Waals surface area (Å²) in [6, 6.07) is -0.305. The number of hydrogen-bond acceptors (Lipinski definition) is 4. The zero-order valence-electron chi connectivity index (χ0n) is 11.7. The Hall–Kier alpha value is -1.56. The monoisotopic (exact) mass is 284 g/mol. The third-order valence-corrected chi connectivity index (χ3v) is 3.37. The second kappa shape index (κ2) is 7.13. The van der Waals surface area contributed by atoms with Gasteiger partial charge < -0.3 is 10.1 Å². The zero-order valence-corrected chi connectivity index (χ0v) is 12.5. The number of aryl methyl sites for hydroxylation is 1. The van der Waals surface area contributed by atoms with Crippen LogP contribution in [-0.2, 0) is 4.74 Å². The van der Waals surface area contributed by atoms with Crippen molar-refractivity contribution >= 4 is 28.3 Å². The fourth-order valence-electron chi connectivity index (χ4n) is 1.44. The summed E-state index contributed by atoms with van der Waals surface area (Å²) in [5.74, 6) is -0.0271. The minimum atomic E-state index is -0.402. The number of nitrogens with one attached hydrogen (secondary N) is 2. The maximum atomic E-state index is 11.8. The summed E-state index contributed by atoms with van der Waals surface area (Å²) in [6.45, 7) is 8.50. The Morgan fingerprint density at radius 3 is 2.68 bits per heavy atom. The predicted molar refractivity (Wildman–Crippen MR) is 76.9 cm³/mol. The molecule has 0 fully saturated rings. The van der Waals surface area contributed by atoms with Crippen LogP contribution in [0.1, 0.15) is 36.7 Å². The molecule has 0 unspecified atom stereocenters. The van der Waals surface area contributed by atoms with Gasteiger partial charge in [0.2, 0.25) is 0 Å². The SMILES string of the molecule is CCOC(=O)c1c(C)csc1NC(=O)NCC(C)C. The second-order valence-electron chi connectivity index (χ2n) is 4.57. The average Bonchev–Trinajstić information content (AvgIpc) is 2.68. The molecule has 0 aliphatic heterocycles. The van der Waals surface area contributed by atoms with Gasteiger partial charge in [-0.15, -0.1) is 11.3 Å². The average molecular weight is 284 g/mol. The van der Waals surface area contributed by atoms with Crippen LogP contribution in [0.4, 0.5) is 9.80 Å². The first-order chi connectivity index (χ1) is 8.95. The number of amides is 2. The van der Waals surface area contributed by atoms with E-state index in [9.17, 15) is 9.59 Å². The smallest absolute Gasteiger partial charge is 0.341 e. The lowest BCUT2D eigenvalue weighted by Gasteiger charge is -2.10. The normalized spacial score (nSPS) is 10.4. The molecular weight excluding hydrogens is 264 g/mol. The molecule has 0 bridgehead atoms. The molecule has 0 aliphatic carbocycles. The van der Waals surface area contributed by atoms with E-state index in [1.807, 2.05) is 26.2 Å². The largest absolute Gasteiger partial charge is 0.462 e. The number of esters is 1. The Balaban J connectivity index is 2.73. The maximum absolute atomic E-state index is 11.8. The van der Waals surface area contributed by atoms with Crippen LogP contribution in [0, 0.1) is 12.8 Å². The van der Waals surface area contributed by atoms with E-state index in [0.29, 0.717) is 29.6 Å². The van der Waals surface area contributed by atoms with Crippen molar-refractivity contribution in [2.24, 2.45) is 5.92 Å².